The number of hydrazone groups is 1. The number of aromatic nitrogens is 2. The van der Waals surface area contributed by atoms with Crippen LogP contribution >= 0.6 is 33.9 Å². The second-order valence-corrected chi connectivity index (χ2v) is 11.0. The fourth-order valence-corrected chi connectivity index (χ4v) is 5.25. The molecular formula is C30H26IN5OS. The van der Waals surface area contributed by atoms with E-state index in [1.807, 2.05) is 36.6 Å². The van der Waals surface area contributed by atoms with Gasteiger partial charge in [0.05, 0.1) is 11.9 Å². The molecule has 0 spiro atoms. The molecule has 0 fully saturated rings. The van der Waals surface area contributed by atoms with Crippen molar-refractivity contribution >= 4 is 56.9 Å². The van der Waals surface area contributed by atoms with Crippen molar-refractivity contribution in [1.29, 1.82) is 0 Å². The summed E-state index contributed by atoms with van der Waals surface area (Å²) >= 11 is 3.84. The number of hydrogen-bond acceptors (Lipinski definition) is 5. The number of hydrogen-bond donors (Lipinski definition) is 2. The molecule has 0 atom stereocenters. The maximum atomic E-state index is 12.7. The van der Waals surface area contributed by atoms with Gasteiger partial charge in [0, 0.05) is 48.4 Å². The maximum Gasteiger partial charge on any atom is 0.271 e. The largest absolute Gasteiger partial charge is 0.332 e. The smallest absolute Gasteiger partial charge is 0.271 e. The topological polar surface area (TPSA) is 71.3 Å². The summed E-state index contributed by atoms with van der Waals surface area (Å²) in [7, 11) is 0. The van der Waals surface area contributed by atoms with Gasteiger partial charge >= 0.3 is 0 Å². The molecule has 5 aromatic rings. The number of halogens is 1. The number of nitrogens with zero attached hydrogens (tertiary/aromatic N) is 3. The van der Waals surface area contributed by atoms with Crippen molar-refractivity contribution in [3.63, 3.8) is 0 Å². The minimum Gasteiger partial charge on any atom is -0.332 e. The standard InChI is InChI=1S/C30H26IN5OS/c1-19-4-12-26(13-5-19)33-30-34-28(18-38-30)22-6-8-23(9-7-22)29(37)35-32-17-24-16-20(2)36(21(24)3)27-14-10-25(31)11-15-27/h4-18H,1-3H3,(H,33,34)(H,35,37)/b32-17-. The van der Waals surface area contributed by atoms with Gasteiger partial charge in [0.25, 0.3) is 5.91 Å². The monoisotopic (exact) mass is 631 g/mol. The summed E-state index contributed by atoms with van der Waals surface area (Å²) < 4.78 is 3.37. The fraction of sp³-hybridized carbons (Fsp3) is 0.100. The van der Waals surface area contributed by atoms with Gasteiger partial charge in [-0.05, 0) is 98.0 Å². The van der Waals surface area contributed by atoms with Crippen molar-refractivity contribution in [2.45, 2.75) is 20.8 Å². The third kappa shape index (κ3) is 5.87. The Morgan fingerprint density at radius 1 is 0.974 bits per heavy atom. The molecule has 0 aliphatic carbocycles. The minimum atomic E-state index is -0.265. The summed E-state index contributed by atoms with van der Waals surface area (Å²) in [6.45, 7) is 6.17. The lowest BCUT2D eigenvalue weighted by Gasteiger charge is -2.09. The predicted molar refractivity (Wildman–Crippen MR) is 165 cm³/mol. The van der Waals surface area contributed by atoms with Gasteiger partial charge in [0.2, 0.25) is 0 Å². The first-order valence-electron chi connectivity index (χ1n) is 12.1. The molecule has 6 nitrogen and oxygen atoms in total. The van der Waals surface area contributed by atoms with Crippen molar-refractivity contribution < 1.29 is 4.79 Å². The van der Waals surface area contributed by atoms with Crippen LogP contribution in [0.4, 0.5) is 10.8 Å². The van der Waals surface area contributed by atoms with Crippen LogP contribution in [-0.2, 0) is 0 Å². The highest BCUT2D eigenvalue weighted by Gasteiger charge is 2.11. The van der Waals surface area contributed by atoms with E-state index < -0.39 is 0 Å². The van der Waals surface area contributed by atoms with Gasteiger partial charge in [-0.3, -0.25) is 4.79 Å². The second kappa shape index (κ2) is 11.3. The van der Waals surface area contributed by atoms with Crippen LogP contribution in [0.2, 0.25) is 0 Å². The van der Waals surface area contributed by atoms with Crippen LogP contribution in [0.5, 0.6) is 0 Å². The molecule has 1 amide bonds. The van der Waals surface area contributed by atoms with Gasteiger partial charge in [-0.2, -0.15) is 5.10 Å². The van der Waals surface area contributed by atoms with Crippen molar-refractivity contribution in [3.05, 3.63) is 116 Å². The number of carbonyl (C=O) groups excluding carboxylic acids is 1. The summed E-state index contributed by atoms with van der Waals surface area (Å²) in [4.78, 5) is 17.4. The summed E-state index contributed by atoms with van der Waals surface area (Å²) in [5, 5.41) is 10.4. The molecule has 190 valence electrons. The van der Waals surface area contributed by atoms with Crippen molar-refractivity contribution in [2.24, 2.45) is 5.10 Å². The summed E-state index contributed by atoms with van der Waals surface area (Å²) in [5.74, 6) is -0.265. The van der Waals surface area contributed by atoms with E-state index >= 15 is 0 Å². The highest BCUT2D eigenvalue weighted by molar-refractivity contribution is 14.1. The molecule has 0 radical (unpaired) electrons. The van der Waals surface area contributed by atoms with Crippen LogP contribution in [0.1, 0.15) is 32.9 Å². The van der Waals surface area contributed by atoms with Crippen LogP contribution in [0.25, 0.3) is 16.9 Å². The lowest BCUT2D eigenvalue weighted by atomic mass is 10.1. The molecule has 2 N–H and O–H groups in total. The highest BCUT2D eigenvalue weighted by atomic mass is 127. The molecule has 0 aliphatic heterocycles. The van der Waals surface area contributed by atoms with E-state index in [4.69, 9.17) is 0 Å². The van der Waals surface area contributed by atoms with Crippen molar-refractivity contribution in [1.82, 2.24) is 15.0 Å². The van der Waals surface area contributed by atoms with E-state index in [0.717, 1.165) is 44.7 Å². The summed E-state index contributed by atoms with van der Waals surface area (Å²) in [5.41, 5.74) is 11.4. The van der Waals surface area contributed by atoms with Gasteiger partial charge in [-0.15, -0.1) is 11.3 Å². The van der Waals surface area contributed by atoms with Crippen LogP contribution in [0.15, 0.2) is 89.3 Å². The van der Waals surface area contributed by atoms with Crippen molar-refractivity contribution in [2.75, 3.05) is 5.32 Å². The first kappa shape index (κ1) is 25.9. The van der Waals surface area contributed by atoms with E-state index in [9.17, 15) is 4.79 Å². The number of thiazole rings is 1. The number of amides is 1. The molecule has 2 aromatic heterocycles. The number of rotatable bonds is 7. The minimum absolute atomic E-state index is 0.265. The third-order valence-electron chi connectivity index (χ3n) is 6.17. The Kier molecular flexibility index (Phi) is 7.71. The number of aryl methyl sites for hydroxylation is 2. The predicted octanol–water partition coefficient (Wildman–Crippen LogP) is 7.64. The number of nitrogens with one attached hydrogen (secondary N) is 2. The zero-order valence-corrected chi connectivity index (χ0v) is 24.2. The summed E-state index contributed by atoms with van der Waals surface area (Å²) in [6, 6.07) is 26.0. The molecular weight excluding hydrogens is 605 g/mol. The van der Waals surface area contributed by atoms with E-state index in [1.54, 1.807) is 29.7 Å². The molecule has 0 bridgehead atoms. The Morgan fingerprint density at radius 3 is 2.39 bits per heavy atom. The molecule has 0 unspecified atom stereocenters. The zero-order valence-electron chi connectivity index (χ0n) is 21.2. The first-order chi connectivity index (χ1) is 18.4. The third-order valence-corrected chi connectivity index (χ3v) is 7.65. The van der Waals surface area contributed by atoms with E-state index in [1.165, 1.54) is 9.13 Å². The molecule has 0 saturated heterocycles. The van der Waals surface area contributed by atoms with Gasteiger partial charge in [0.1, 0.15) is 0 Å². The molecule has 38 heavy (non-hydrogen) atoms. The van der Waals surface area contributed by atoms with Crippen LogP contribution < -0.4 is 10.7 Å². The zero-order chi connectivity index (χ0) is 26.6. The number of carbonyl (C=O) groups is 1. The Labute approximate surface area is 239 Å². The van der Waals surface area contributed by atoms with Gasteiger partial charge < -0.3 is 9.88 Å². The molecule has 0 saturated carbocycles. The normalized spacial score (nSPS) is 11.2. The Hall–Kier alpha value is -3.76. The SMILES string of the molecule is Cc1ccc(Nc2nc(-c3ccc(C(=O)N/N=C\c4cc(C)n(-c5ccc(I)cc5)c4C)cc3)cs2)cc1. The van der Waals surface area contributed by atoms with Gasteiger partial charge in [-0.1, -0.05) is 29.8 Å². The van der Waals surface area contributed by atoms with Crippen molar-refractivity contribution in [3.8, 4) is 16.9 Å². The van der Waals surface area contributed by atoms with Crippen LogP contribution in [-0.4, -0.2) is 21.7 Å². The molecule has 5 rings (SSSR count). The highest BCUT2D eigenvalue weighted by Crippen LogP contribution is 2.27. The average molecular weight is 632 g/mol. The average Bonchev–Trinajstić information content (AvgIpc) is 3.50. The second-order valence-electron chi connectivity index (χ2n) is 8.94. The molecule has 0 aliphatic rings. The number of anilines is 2. The van der Waals surface area contributed by atoms with Crippen LogP contribution in [0, 0.1) is 24.3 Å². The van der Waals surface area contributed by atoms with E-state index in [0.29, 0.717) is 5.56 Å². The van der Waals surface area contributed by atoms with Gasteiger partial charge in [0.15, 0.2) is 5.13 Å². The Morgan fingerprint density at radius 2 is 1.68 bits per heavy atom. The lowest BCUT2D eigenvalue weighted by molar-refractivity contribution is 0.0955. The maximum absolute atomic E-state index is 12.7. The molecule has 8 heteroatoms. The quantitative estimate of drug-likeness (QED) is 0.110. The van der Waals surface area contributed by atoms with E-state index in [2.05, 4.69) is 104 Å². The molecule has 2 heterocycles. The fourth-order valence-electron chi connectivity index (χ4n) is 4.15. The molecule has 3 aromatic carbocycles. The van der Waals surface area contributed by atoms with Crippen LogP contribution in [0.3, 0.4) is 0 Å². The van der Waals surface area contributed by atoms with E-state index in [-0.39, 0.29) is 5.91 Å². The first-order valence-corrected chi connectivity index (χ1v) is 14.0. The summed E-state index contributed by atoms with van der Waals surface area (Å²) in [6.07, 6.45) is 1.69. The lowest BCUT2D eigenvalue weighted by Crippen LogP contribution is -2.17. The van der Waals surface area contributed by atoms with Gasteiger partial charge in [-0.25, -0.2) is 10.4 Å². The Bertz CT molecular complexity index is 1600. The Balaban J connectivity index is 1.22. The number of benzene rings is 3.